The van der Waals surface area contributed by atoms with Crippen molar-refractivity contribution in [3.05, 3.63) is 29.3 Å². The van der Waals surface area contributed by atoms with E-state index in [9.17, 15) is 4.79 Å². The number of guanidine groups is 1. The Morgan fingerprint density at radius 3 is 2.56 bits per heavy atom. The molecule has 0 aromatic heterocycles. The van der Waals surface area contributed by atoms with Crippen LogP contribution in [0.5, 0.6) is 0 Å². The van der Waals surface area contributed by atoms with Crippen molar-refractivity contribution in [1.82, 2.24) is 10.6 Å². The van der Waals surface area contributed by atoms with Gasteiger partial charge in [0, 0.05) is 6.04 Å². The van der Waals surface area contributed by atoms with E-state index in [0.717, 1.165) is 18.4 Å². The second kappa shape index (κ2) is 9.67. The Labute approximate surface area is 149 Å². The van der Waals surface area contributed by atoms with Gasteiger partial charge in [-0.1, -0.05) is 32.1 Å². The molecule has 6 nitrogen and oxygen atoms in total. The van der Waals surface area contributed by atoms with Crippen LogP contribution < -0.4 is 10.6 Å². The van der Waals surface area contributed by atoms with E-state index in [4.69, 9.17) is 10.4 Å². The summed E-state index contributed by atoms with van der Waals surface area (Å²) in [7, 11) is 0. The van der Waals surface area contributed by atoms with Crippen LogP contribution in [-0.4, -0.2) is 29.6 Å². The maximum Gasteiger partial charge on any atom is 0.322 e. The lowest BCUT2D eigenvalue weighted by molar-refractivity contribution is -0.135. The van der Waals surface area contributed by atoms with E-state index in [1.54, 1.807) is 12.1 Å². The Kier molecular flexibility index (Phi) is 7.27. The number of carbonyl (C=O) groups is 1. The van der Waals surface area contributed by atoms with Crippen LogP contribution in [0.4, 0.5) is 5.69 Å². The third-order valence-electron chi connectivity index (χ3n) is 4.42. The fourth-order valence-corrected chi connectivity index (χ4v) is 3.05. The molecule has 0 radical (unpaired) electrons. The number of aliphatic carboxylic acids is 1. The highest BCUT2D eigenvalue weighted by Gasteiger charge is 2.14. The zero-order valence-corrected chi connectivity index (χ0v) is 14.7. The zero-order valence-electron chi connectivity index (χ0n) is 14.7. The third-order valence-corrected chi connectivity index (χ3v) is 4.42. The Hall–Kier alpha value is -2.55. The molecular weight excluding hydrogens is 316 g/mol. The van der Waals surface area contributed by atoms with Gasteiger partial charge in [-0.15, -0.1) is 0 Å². The first-order chi connectivity index (χ1) is 12.1. The van der Waals surface area contributed by atoms with Crippen LogP contribution in [0.3, 0.4) is 0 Å². The monoisotopic (exact) mass is 342 g/mol. The van der Waals surface area contributed by atoms with E-state index in [0.29, 0.717) is 23.3 Å². The van der Waals surface area contributed by atoms with E-state index >= 15 is 0 Å². The lowest BCUT2D eigenvalue weighted by Gasteiger charge is -2.23. The molecule has 1 saturated carbocycles. The SMILES string of the molecule is Cc1cc(N=C(NCC(=O)O)NC2CCCCCCC2)ccc1C#N. The molecule has 1 aromatic carbocycles. The van der Waals surface area contributed by atoms with E-state index in [-0.39, 0.29) is 6.54 Å². The number of aliphatic imine (C=N–C) groups is 1. The number of benzene rings is 1. The summed E-state index contributed by atoms with van der Waals surface area (Å²) >= 11 is 0. The highest BCUT2D eigenvalue weighted by molar-refractivity contribution is 5.86. The maximum absolute atomic E-state index is 10.9. The third kappa shape index (κ3) is 6.46. The van der Waals surface area contributed by atoms with Crippen LogP contribution >= 0.6 is 0 Å². The smallest absolute Gasteiger partial charge is 0.322 e. The quantitative estimate of drug-likeness (QED) is 0.576. The van der Waals surface area contributed by atoms with Crippen LogP contribution in [0.25, 0.3) is 0 Å². The Morgan fingerprint density at radius 1 is 1.28 bits per heavy atom. The van der Waals surface area contributed by atoms with Crippen molar-refractivity contribution in [3.8, 4) is 6.07 Å². The molecule has 0 atom stereocenters. The normalized spacial score (nSPS) is 16.4. The minimum absolute atomic E-state index is 0.187. The van der Waals surface area contributed by atoms with Crippen molar-refractivity contribution in [3.63, 3.8) is 0 Å². The average Bonchev–Trinajstić information content (AvgIpc) is 2.55. The fraction of sp³-hybridized carbons (Fsp3) is 0.526. The molecule has 134 valence electrons. The number of carboxylic acids is 1. The molecular formula is C19H26N4O2. The van der Waals surface area contributed by atoms with Gasteiger partial charge in [-0.05, 0) is 43.5 Å². The van der Waals surface area contributed by atoms with Crippen molar-refractivity contribution in [2.45, 2.75) is 57.9 Å². The molecule has 0 unspecified atom stereocenters. The summed E-state index contributed by atoms with van der Waals surface area (Å²) in [5, 5.41) is 24.2. The molecule has 0 heterocycles. The predicted molar refractivity (Wildman–Crippen MR) is 97.9 cm³/mol. The Morgan fingerprint density at radius 2 is 1.96 bits per heavy atom. The van der Waals surface area contributed by atoms with Gasteiger partial charge in [0.1, 0.15) is 6.54 Å². The first-order valence-corrected chi connectivity index (χ1v) is 8.90. The lowest BCUT2D eigenvalue weighted by atomic mass is 9.97. The van der Waals surface area contributed by atoms with Crippen molar-refractivity contribution in [2.75, 3.05) is 6.54 Å². The van der Waals surface area contributed by atoms with Crippen LogP contribution in [0.2, 0.25) is 0 Å². The van der Waals surface area contributed by atoms with Crippen LogP contribution in [0.15, 0.2) is 23.2 Å². The van der Waals surface area contributed by atoms with E-state index in [2.05, 4.69) is 21.7 Å². The Bertz CT molecular complexity index is 656. The van der Waals surface area contributed by atoms with Crippen LogP contribution in [-0.2, 0) is 4.79 Å². The summed E-state index contributed by atoms with van der Waals surface area (Å²) in [5.74, 6) is -0.444. The van der Waals surface area contributed by atoms with Crippen LogP contribution in [0.1, 0.15) is 56.1 Å². The largest absolute Gasteiger partial charge is 0.480 e. The van der Waals surface area contributed by atoms with E-state index < -0.39 is 5.97 Å². The summed E-state index contributed by atoms with van der Waals surface area (Å²) in [6, 6.07) is 7.78. The molecule has 25 heavy (non-hydrogen) atoms. The number of rotatable bonds is 4. The molecule has 0 bridgehead atoms. The van der Waals surface area contributed by atoms with Crippen molar-refractivity contribution >= 4 is 17.6 Å². The summed E-state index contributed by atoms with van der Waals surface area (Å²) in [6.45, 7) is 1.68. The lowest BCUT2D eigenvalue weighted by Crippen LogP contribution is -2.45. The molecule has 0 amide bonds. The fourth-order valence-electron chi connectivity index (χ4n) is 3.05. The molecule has 1 aliphatic rings. The molecule has 6 heteroatoms. The number of carboxylic acid groups (broad SMARTS) is 1. The highest BCUT2D eigenvalue weighted by Crippen LogP contribution is 2.19. The predicted octanol–water partition coefficient (Wildman–Crippen LogP) is 3.23. The van der Waals surface area contributed by atoms with Crippen molar-refractivity contribution in [2.24, 2.45) is 4.99 Å². The van der Waals surface area contributed by atoms with Gasteiger partial charge in [-0.2, -0.15) is 5.26 Å². The van der Waals surface area contributed by atoms with Gasteiger partial charge in [0.05, 0.1) is 17.3 Å². The Balaban J connectivity index is 2.14. The average molecular weight is 342 g/mol. The van der Waals surface area contributed by atoms with E-state index in [1.807, 2.05) is 13.0 Å². The number of hydrogen-bond acceptors (Lipinski definition) is 3. The van der Waals surface area contributed by atoms with Gasteiger partial charge in [0.15, 0.2) is 5.96 Å². The van der Waals surface area contributed by atoms with Crippen molar-refractivity contribution < 1.29 is 9.90 Å². The number of nitriles is 1. The van der Waals surface area contributed by atoms with Crippen LogP contribution in [0, 0.1) is 18.3 Å². The summed E-state index contributed by atoms with van der Waals surface area (Å²) < 4.78 is 0. The number of hydrogen-bond donors (Lipinski definition) is 3. The molecule has 1 fully saturated rings. The maximum atomic E-state index is 10.9. The second-order valence-electron chi connectivity index (χ2n) is 6.51. The summed E-state index contributed by atoms with van der Waals surface area (Å²) in [5.41, 5.74) is 2.17. The minimum Gasteiger partial charge on any atom is -0.480 e. The zero-order chi connectivity index (χ0) is 18.1. The number of nitrogens with zero attached hydrogens (tertiary/aromatic N) is 2. The first kappa shape index (κ1) is 18.8. The van der Waals surface area contributed by atoms with Gasteiger partial charge < -0.3 is 15.7 Å². The number of nitrogens with one attached hydrogen (secondary N) is 2. The van der Waals surface area contributed by atoms with Gasteiger partial charge in [0.25, 0.3) is 0 Å². The first-order valence-electron chi connectivity index (χ1n) is 8.90. The van der Waals surface area contributed by atoms with Gasteiger partial charge in [-0.3, -0.25) is 4.79 Å². The molecule has 0 spiro atoms. The summed E-state index contributed by atoms with van der Waals surface area (Å²) in [6.07, 6.45) is 8.31. The topological polar surface area (TPSA) is 97.5 Å². The van der Waals surface area contributed by atoms with Gasteiger partial charge >= 0.3 is 5.97 Å². The highest BCUT2D eigenvalue weighted by atomic mass is 16.4. The minimum atomic E-state index is -0.928. The summed E-state index contributed by atoms with van der Waals surface area (Å²) in [4.78, 5) is 15.4. The number of aryl methyl sites for hydroxylation is 1. The molecule has 2 rings (SSSR count). The van der Waals surface area contributed by atoms with Gasteiger partial charge in [-0.25, -0.2) is 4.99 Å². The molecule has 1 aromatic rings. The molecule has 0 aliphatic heterocycles. The molecule has 0 saturated heterocycles. The molecule has 1 aliphatic carbocycles. The van der Waals surface area contributed by atoms with Gasteiger partial charge in [0.2, 0.25) is 0 Å². The molecule has 3 N–H and O–H groups in total. The van der Waals surface area contributed by atoms with E-state index in [1.165, 1.54) is 32.1 Å². The van der Waals surface area contributed by atoms with Crippen molar-refractivity contribution in [1.29, 1.82) is 5.26 Å². The second-order valence-corrected chi connectivity index (χ2v) is 6.51. The standard InChI is InChI=1S/C19H26N4O2/c1-14-11-17(10-9-15(14)12-20)23-19(21-13-18(24)25)22-16-7-5-3-2-4-6-8-16/h9-11,16H,2-8,13H2,1H3,(H,24,25)(H2,21,22,23).